The second-order valence-corrected chi connectivity index (χ2v) is 6.24. The lowest BCUT2D eigenvalue weighted by molar-refractivity contribution is 0.104. The average molecular weight is 336 g/mol. The lowest BCUT2D eigenvalue weighted by Crippen LogP contribution is -2.36. The van der Waals surface area contributed by atoms with Crippen molar-refractivity contribution in [3.63, 3.8) is 0 Å². The number of aromatic nitrogens is 1. The van der Waals surface area contributed by atoms with E-state index >= 15 is 0 Å². The first-order valence-corrected chi connectivity index (χ1v) is 8.45. The van der Waals surface area contributed by atoms with Gasteiger partial charge in [0, 0.05) is 43.0 Å². The minimum absolute atomic E-state index is 0.0747. The molecule has 0 amide bonds. The maximum atomic E-state index is 12.8. The Kier molecular flexibility index (Phi) is 4.24. The number of methoxy groups -OCH3 is 1. The number of carbonyl (C=O) groups excluding carboxylic acids is 1. The van der Waals surface area contributed by atoms with Crippen molar-refractivity contribution >= 4 is 17.5 Å². The molecule has 1 fully saturated rings. The number of morpholine rings is 1. The van der Waals surface area contributed by atoms with E-state index in [0.717, 1.165) is 46.8 Å². The first-order valence-electron chi connectivity index (χ1n) is 8.45. The Labute approximate surface area is 146 Å². The summed E-state index contributed by atoms with van der Waals surface area (Å²) in [6.07, 6.45) is 6.07. The standard InChI is InChI=1S/C20H20N2O3/c1-24-19-12-17-15(11-18(19)22-5-7-25-8-6-22)10-16(20(17)23)9-14-3-2-4-21-13-14/h2-4,9,11-13H,5-8,10H2,1H3/b16-9+. The number of benzene rings is 1. The van der Waals surface area contributed by atoms with E-state index in [1.165, 1.54) is 0 Å². The van der Waals surface area contributed by atoms with E-state index in [4.69, 9.17) is 9.47 Å². The van der Waals surface area contributed by atoms with E-state index in [2.05, 4.69) is 16.0 Å². The molecular weight excluding hydrogens is 316 g/mol. The lowest BCUT2D eigenvalue weighted by Gasteiger charge is -2.30. The zero-order chi connectivity index (χ0) is 17.2. The summed E-state index contributed by atoms with van der Waals surface area (Å²) in [7, 11) is 1.65. The molecule has 5 heteroatoms. The van der Waals surface area contributed by atoms with E-state index in [1.54, 1.807) is 19.5 Å². The summed E-state index contributed by atoms with van der Waals surface area (Å²) in [5.41, 5.74) is 4.58. The van der Waals surface area contributed by atoms with Gasteiger partial charge in [-0.2, -0.15) is 0 Å². The minimum Gasteiger partial charge on any atom is -0.495 e. The van der Waals surface area contributed by atoms with Gasteiger partial charge in [0.25, 0.3) is 0 Å². The zero-order valence-corrected chi connectivity index (χ0v) is 14.2. The van der Waals surface area contributed by atoms with Crippen LogP contribution in [0, 0.1) is 0 Å². The number of hydrogen-bond acceptors (Lipinski definition) is 5. The molecule has 1 saturated heterocycles. The molecule has 2 aromatic rings. The predicted molar refractivity (Wildman–Crippen MR) is 96.3 cm³/mol. The van der Waals surface area contributed by atoms with Gasteiger partial charge >= 0.3 is 0 Å². The van der Waals surface area contributed by atoms with Crippen LogP contribution < -0.4 is 9.64 Å². The first-order chi connectivity index (χ1) is 12.3. The first kappa shape index (κ1) is 15.8. The quantitative estimate of drug-likeness (QED) is 0.807. The molecule has 1 aromatic heterocycles. The summed E-state index contributed by atoms with van der Waals surface area (Å²) in [5, 5.41) is 0. The summed E-state index contributed by atoms with van der Waals surface area (Å²) >= 11 is 0. The van der Waals surface area contributed by atoms with Crippen LogP contribution in [-0.2, 0) is 11.2 Å². The van der Waals surface area contributed by atoms with Crippen molar-refractivity contribution in [2.24, 2.45) is 0 Å². The van der Waals surface area contributed by atoms with Crippen LogP contribution in [0.2, 0.25) is 0 Å². The fourth-order valence-corrected chi connectivity index (χ4v) is 3.42. The van der Waals surface area contributed by atoms with Crippen LogP contribution >= 0.6 is 0 Å². The molecule has 128 valence electrons. The second kappa shape index (κ2) is 6.69. The smallest absolute Gasteiger partial charge is 0.189 e. The highest BCUT2D eigenvalue weighted by atomic mass is 16.5. The van der Waals surface area contributed by atoms with Crippen LogP contribution in [0.3, 0.4) is 0 Å². The van der Waals surface area contributed by atoms with Gasteiger partial charge in [-0.25, -0.2) is 0 Å². The summed E-state index contributed by atoms with van der Waals surface area (Å²) in [5.74, 6) is 0.822. The Morgan fingerprint density at radius 3 is 2.84 bits per heavy atom. The van der Waals surface area contributed by atoms with Crippen LogP contribution in [0.25, 0.3) is 6.08 Å². The number of nitrogens with zero attached hydrogens (tertiary/aromatic N) is 2. The van der Waals surface area contributed by atoms with Gasteiger partial charge < -0.3 is 14.4 Å². The van der Waals surface area contributed by atoms with Crippen molar-refractivity contribution in [3.05, 3.63) is 58.9 Å². The predicted octanol–water partition coefficient (Wildman–Crippen LogP) is 2.75. The maximum Gasteiger partial charge on any atom is 0.189 e. The average Bonchev–Trinajstić information content (AvgIpc) is 2.97. The number of anilines is 1. The number of rotatable bonds is 3. The normalized spacial score (nSPS) is 18.5. The summed E-state index contributed by atoms with van der Waals surface area (Å²) in [6, 6.07) is 7.81. The van der Waals surface area contributed by atoms with E-state index in [0.29, 0.717) is 19.6 Å². The Hall–Kier alpha value is -2.66. The molecule has 0 spiro atoms. The highest BCUT2D eigenvalue weighted by Crippen LogP contribution is 2.37. The molecule has 2 heterocycles. The molecule has 2 aliphatic rings. The Morgan fingerprint density at radius 1 is 1.28 bits per heavy atom. The SMILES string of the molecule is COc1cc2c(cc1N1CCOCC1)C/C(=C\c1cccnc1)C2=O. The molecule has 0 atom stereocenters. The summed E-state index contributed by atoms with van der Waals surface area (Å²) < 4.78 is 11.0. The fourth-order valence-electron chi connectivity index (χ4n) is 3.42. The molecule has 0 bridgehead atoms. The molecule has 0 radical (unpaired) electrons. The molecule has 1 aliphatic carbocycles. The lowest BCUT2D eigenvalue weighted by atomic mass is 10.1. The number of ether oxygens (including phenoxy) is 2. The molecule has 0 unspecified atom stereocenters. The van der Waals surface area contributed by atoms with E-state index in [1.807, 2.05) is 24.3 Å². The van der Waals surface area contributed by atoms with Gasteiger partial charge in [0.05, 0.1) is 26.0 Å². The highest BCUT2D eigenvalue weighted by Gasteiger charge is 2.28. The van der Waals surface area contributed by atoms with E-state index in [-0.39, 0.29) is 5.78 Å². The van der Waals surface area contributed by atoms with Gasteiger partial charge in [-0.15, -0.1) is 0 Å². The van der Waals surface area contributed by atoms with Crippen molar-refractivity contribution in [1.82, 2.24) is 4.98 Å². The number of allylic oxidation sites excluding steroid dienone is 1. The molecule has 4 rings (SSSR count). The third-order valence-corrected chi connectivity index (χ3v) is 4.70. The molecule has 1 aromatic carbocycles. The van der Waals surface area contributed by atoms with Gasteiger partial charge in [0.15, 0.2) is 5.78 Å². The highest BCUT2D eigenvalue weighted by molar-refractivity contribution is 6.16. The van der Waals surface area contributed by atoms with Gasteiger partial charge in [-0.05, 0) is 35.4 Å². The Bertz CT molecular complexity index is 824. The minimum atomic E-state index is 0.0747. The number of ketones is 1. The Balaban J connectivity index is 1.69. The van der Waals surface area contributed by atoms with Crippen LogP contribution in [0.15, 0.2) is 42.2 Å². The molecule has 25 heavy (non-hydrogen) atoms. The largest absolute Gasteiger partial charge is 0.495 e. The summed E-state index contributed by atoms with van der Waals surface area (Å²) in [6.45, 7) is 3.10. The van der Waals surface area contributed by atoms with Crippen molar-refractivity contribution < 1.29 is 14.3 Å². The second-order valence-electron chi connectivity index (χ2n) is 6.24. The number of hydrogen-bond donors (Lipinski definition) is 0. The Morgan fingerprint density at radius 2 is 2.12 bits per heavy atom. The summed E-state index contributed by atoms with van der Waals surface area (Å²) in [4.78, 5) is 19.1. The van der Waals surface area contributed by atoms with Gasteiger partial charge in [-0.1, -0.05) is 6.07 Å². The van der Waals surface area contributed by atoms with Crippen LogP contribution in [0.1, 0.15) is 21.5 Å². The zero-order valence-electron chi connectivity index (χ0n) is 14.2. The topological polar surface area (TPSA) is 51.7 Å². The van der Waals surface area contributed by atoms with E-state index < -0.39 is 0 Å². The molecule has 0 saturated carbocycles. The van der Waals surface area contributed by atoms with Gasteiger partial charge in [-0.3, -0.25) is 9.78 Å². The monoisotopic (exact) mass is 336 g/mol. The number of carbonyl (C=O) groups is 1. The number of pyridine rings is 1. The molecular formula is C20H20N2O3. The molecule has 5 nitrogen and oxygen atoms in total. The van der Waals surface area contributed by atoms with Gasteiger partial charge in [0.1, 0.15) is 5.75 Å². The van der Waals surface area contributed by atoms with E-state index in [9.17, 15) is 4.79 Å². The van der Waals surface area contributed by atoms with Crippen LogP contribution in [0.4, 0.5) is 5.69 Å². The fraction of sp³-hybridized carbons (Fsp3) is 0.300. The van der Waals surface area contributed by atoms with Crippen LogP contribution in [-0.4, -0.2) is 44.2 Å². The van der Waals surface area contributed by atoms with Crippen molar-refractivity contribution in [2.75, 3.05) is 38.3 Å². The molecule has 0 N–H and O–H groups in total. The third-order valence-electron chi connectivity index (χ3n) is 4.70. The maximum absolute atomic E-state index is 12.8. The van der Waals surface area contributed by atoms with Crippen molar-refractivity contribution in [3.8, 4) is 5.75 Å². The molecule has 1 aliphatic heterocycles. The van der Waals surface area contributed by atoms with Gasteiger partial charge in [0.2, 0.25) is 0 Å². The number of Topliss-reactive ketones (excluding diaryl/α,β-unsaturated/α-hetero) is 1. The van der Waals surface area contributed by atoms with Crippen LogP contribution in [0.5, 0.6) is 5.75 Å². The van der Waals surface area contributed by atoms with Crippen molar-refractivity contribution in [2.45, 2.75) is 6.42 Å². The number of fused-ring (bicyclic) bond motifs is 1. The third kappa shape index (κ3) is 3.03. The van der Waals surface area contributed by atoms with Crippen molar-refractivity contribution in [1.29, 1.82) is 0 Å².